The van der Waals surface area contributed by atoms with Crippen LogP contribution >= 0.6 is 0 Å². The number of amides is 2. The largest absolute Gasteiger partial charge is 0.479 e. The van der Waals surface area contributed by atoms with Gasteiger partial charge in [-0.3, -0.25) is 5.32 Å². The zero-order valence-corrected chi connectivity index (χ0v) is 13.7. The molecular weight excluding hydrogens is 286 g/mol. The molecule has 1 fully saturated rings. The highest BCUT2D eigenvalue weighted by molar-refractivity contribution is 5.94. The third-order valence-electron chi connectivity index (χ3n) is 3.35. The van der Waals surface area contributed by atoms with Gasteiger partial charge < -0.3 is 19.3 Å². The van der Waals surface area contributed by atoms with Gasteiger partial charge in [0, 0.05) is 27.2 Å². The second-order valence-corrected chi connectivity index (χ2v) is 5.57. The average molecular weight is 309 g/mol. The minimum absolute atomic E-state index is 0.0109. The molecule has 1 aliphatic rings. The van der Waals surface area contributed by atoms with Crippen molar-refractivity contribution in [3.63, 3.8) is 0 Å². The fourth-order valence-electron chi connectivity index (χ4n) is 2.49. The number of rotatable bonds is 3. The quantitative estimate of drug-likeness (QED) is 0.903. The van der Waals surface area contributed by atoms with E-state index in [1.807, 2.05) is 27.9 Å². The lowest BCUT2D eigenvalue weighted by atomic mass is 10.2. The van der Waals surface area contributed by atoms with Gasteiger partial charge in [-0.1, -0.05) is 0 Å². The third kappa shape index (κ3) is 3.56. The molecule has 2 heterocycles. The van der Waals surface area contributed by atoms with Crippen molar-refractivity contribution < 1.29 is 14.3 Å². The first-order chi connectivity index (χ1) is 10.4. The van der Waals surface area contributed by atoms with Crippen LogP contribution < -0.4 is 15.0 Å². The molecule has 2 rings (SSSR count). The van der Waals surface area contributed by atoms with E-state index in [1.54, 1.807) is 9.80 Å². The van der Waals surface area contributed by atoms with Gasteiger partial charge in [0.15, 0.2) is 5.82 Å². The highest BCUT2D eigenvalue weighted by atomic mass is 16.5. The molecule has 0 radical (unpaired) electrons. The SMILES string of the molecule is COc1ncnc(N(C)C)c1NC(=O)N1CC(C)OC(C)C1. The molecule has 0 aliphatic carbocycles. The second kappa shape index (κ2) is 6.78. The summed E-state index contributed by atoms with van der Waals surface area (Å²) in [7, 11) is 5.20. The maximum atomic E-state index is 12.5. The van der Waals surface area contributed by atoms with Gasteiger partial charge in [-0.05, 0) is 13.8 Å². The predicted molar refractivity (Wildman–Crippen MR) is 83.5 cm³/mol. The van der Waals surface area contributed by atoms with E-state index in [0.717, 1.165) is 0 Å². The maximum absolute atomic E-state index is 12.5. The van der Waals surface area contributed by atoms with Gasteiger partial charge in [0.05, 0.1) is 19.3 Å². The number of ether oxygens (including phenoxy) is 2. The molecule has 8 nitrogen and oxygen atoms in total. The second-order valence-electron chi connectivity index (χ2n) is 5.57. The molecule has 8 heteroatoms. The Morgan fingerprint density at radius 2 is 2.00 bits per heavy atom. The van der Waals surface area contributed by atoms with Crippen molar-refractivity contribution in [2.45, 2.75) is 26.1 Å². The smallest absolute Gasteiger partial charge is 0.322 e. The van der Waals surface area contributed by atoms with E-state index in [0.29, 0.717) is 30.5 Å². The van der Waals surface area contributed by atoms with Crippen LogP contribution in [0.4, 0.5) is 16.3 Å². The number of anilines is 2. The number of urea groups is 1. The van der Waals surface area contributed by atoms with Crippen LogP contribution in [0.2, 0.25) is 0 Å². The van der Waals surface area contributed by atoms with E-state index in [9.17, 15) is 4.79 Å². The molecule has 2 unspecified atom stereocenters. The predicted octanol–water partition coefficient (Wildman–Crippen LogP) is 1.19. The van der Waals surface area contributed by atoms with E-state index in [4.69, 9.17) is 9.47 Å². The summed E-state index contributed by atoms with van der Waals surface area (Å²) in [5.74, 6) is 0.927. The fourth-order valence-corrected chi connectivity index (χ4v) is 2.49. The molecule has 1 aromatic heterocycles. The van der Waals surface area contributed by atoms with Crippen LogP contribution in [0.1, 0.15) is 13.8 Å². The Kier molecular flexibility index (Phi) is 5.02. The van der Waals surface area contributed by atoms with E-state index in [1.165, 1.54) is 13.4 Å². The molecule has 1 saturated heterocycles. The Bertz CT molecular complexity index is 527. The topological polar surface area (TPSA) is 79.8 Å². The molecule has 122 valence electrons. The van der Waals surface area contributed by atoms with E-state index in [-0.39, 0.29) is 18.2 Å². The van der Waals surface area contributed by atoms with Crippen LogP contribution in [-0.2, 0) is 4.74 Å². The van der Waals surface area contributed by atoms with Crippen LogP contribution in [0.3, 0.4) is 0 Å². The Labute approximate surface area is 130 Å². The molecule has 0 bridgehead atoms. The van der Waals surface area contributed by atoms with Gasteiger partial charge in [-0.25, -0.2) is 9.78 Å². The molecule has 2 atom stereocenters. The van der Waals surface area contributed by atoms with E-state index < -0.39 is 0 Å². The van der Waals surface area contributed by atoms with Crippen LogP contribution in [0.25, 0.3) is 0 Å². The van der Waals surface area contributed by atoms with Crippen molar-refractivity contribution >= 4 is 17.5 Å². The number of carbonyl (C=O) groups excluding carboxylic acids is 1. The van der Waals surface area contributed by atoms with Crippen molar-refractivity contribution in [1.29, 1.82) is 0 Å². The van der Waals surface area contributed by atoms with Gasteiger partial charge in [0.1, 0.15) is 12.0 Å². The van der Waals surface area contributed by atoms with Crippen molar-refractivity contribution in [3.05, 3.63) is 6.33 Å². The Hall–Kier alpha value is -2.09. The van der Waals surface area contributed by atoms with Crippen molar-refractivity contribution in [3.8, 4) is 5.88 Å². The fraction of sp³-hybridized carbons (Fsp3) is 0.643. The Morgan fingerprint density at radius 3 is 2.55 bits per heavy atom. The standard InChI is InChI=1S/C14H23N5O3/c1-9-6-19(7-10(2)22-9)14(20)17-11-12(18(3)4)15-8-16-13(11)21-5/h8-10H,6-7H2,1-5H3,(H,17,20). The van der Waals surface area contributed by atoms with Crippen LogP contribution in [0.5, 0.6) is 5.88 Å². The molecular formula is C14H23N5O3. The summed E-state index contributed by atoms with van der Waals surface area (Å²) in [5.41, 5.74) is 0.465. The summed E-state index contributed by atoms with van der Waals surface area (Å²) >= 11 is 0. The van der Waals surface area contributed by atoms with Gasteiger partial charge in [-0.2, -0.15) is 4.98 Å². The molecule has 0 saturated carbocycles. The summed E-state index contributed by atoms with van der Waals surface area (Å²) in [5, 5.41) is 2.86. The molecule has 1 N–H and O–H groups in total. The molecule has 0 spiro atoms. The van der Waals surface area contributed by atoms with Crippen LogP contribution in [0.15, 0.2) is 6.33 Å². The molecule has 1 aliphatic heterocycles. The lowest BCUT2D eigenvalue weighted by Gasteiger charge is -2.35. The Morgan fingerprint density at radius 1 is 1.36 bits per heavy atom. The minimum Gasteiger partial charge on any atom is -0.479 e. The third-order valence-corrected chi connectivity index (χ3v) is 3.35. The van der Waals surface area contributed by atoms with E-state index >= 15 is 0 Å². The van der Waals surface area contributed by atoms with E-state index in [2.05, 4.69) is 15.3 Å². The molecule has 1 aromatic rings. The first-order valence-electron chi connectivity index (χ1n) is 7.20. The summed E-state index contributed by atoms with van der Waals surface area (Å²) in [6.07, 6.45) is 1.43. The number of morpholine rings is 1. The zero-order chi connectivity index (χ0) is 16.3. The Balaban J connectivity index is 2.20. The molecule has 22 heavy (non-hydrogen) atoms. The highest BCUT2D eigenvalue weighted by Crippen LogP contribution is 2.30. The monoisotopic (exact) mass is 309 g/mol. The maximum Gasteiger partial charge on any atom is 0.322 e. The summed E-state index contributed by atoms with van der Waals surface area (Å²) < 4.78 is 10.9. The normalized spacial score (nSPS) is 21.4. The first-order valence-corrected chi connectivity index (χ1v) is 7.20. The van der Waals surface area contributed by atoms with Gasteiger partial charge >= 0.3 is 6.03 Å². The van der Waals surface area contributed by atoms with Crippen LogP contribution in [0, 0.1) is 0 Å². The van der Waals surface area contributed by atoms with Crippen LogP contribution in [-0.4, -0.2) is 67.4 Å². The highest BCUT2D eigenvalue weighted by Gasteiger charge is 2.27. The van der Waals surface area contributed by atoms with Gasteiger partial charge in [0.2, 0.25) is 5.88 Å². The summed E-state index contributed by atoms with van der Waals surface area (Å²) in [4.78, 5) is 24.3. The van der Waals surface area contributed by atoms with Crippen molar-refractivity contribution in [1.82, 2.24) is 14.9 Å². The average Bonchev–Trinajstić information content (AvgIpc) is 2.46. The lowest BCUT2D eigenvalue weighted by molar-refractivity contribution is -0.0530. The molecule has 2 amide bonds. The number of nitrogens with zero attached hydrogens (tertiary/aromatic N) is 4. The number of carbonyl (C=O) groups is 1. The summed E-state index contributed by atoms with van der Waals surface area (Å²) in [6, 6.07) is -0.210. The minimum atomic E-state index is -0.210. The number of aromatic nitrogens is 2. The van der Waals surface area contributed by atoms with Crippen molar-refractivity contribution in [2.24, 2.45) is 0 Å². The number of nitrogens with one attached hydrogen (secondary N) is 1. The van der Waals surface area contributed by atoms with Gasteiger partial charge in [-0.15, -0.1) is 0 Å². The van der Waals surface area contributed by atoms with Gasteiger partial charge in [0.25, 0.3) is 0 Å². The first kappa shape index (κ1) is 16.3. The van der Waals surface area contributed by atoms with Crippen molar-refractivity contribution in [2.75, 3.05) is 44.5 Å². The number of hydrogen-bond donors (Lipinski definition) is 1. The zero-order valence-electron chi connectivity index (χ0n) is 13.7. The summed E-state index contributed by atoms with van der Waals surface area (Å²) in [6.45, 7) is 4.99. The molecule has 0 aromatic carbocycles. The number of methoxy groups -OCH3 is 1. The number of hydrogen-bond acceptors (Lipinski definition) is 6. The lowest BCUT2D eigenvalue weighted by Crippen LogP contribution is -2.49.